The highest BCUT2D eigenvalue weighted by Crippen LogP contribution is 2.35. The summed E-state index contributed by atoms with van der Waals surface area (Å²) in [7, 11) is 0. The van der Waals surface area contributed by atoms with Crippen LogP contribution in [0, 0.1) is 11.3 Å². The first-order valence-electron chi connectivity index (χ1n) is 14.4. The number of aromatic nitrogens is 1. The molecule has 3 aliphatic rings. The second-order valence-corrected chi connectivity index (χ2v) is 12.3. The summed E-state index contributed by atoms with van der Waals surface area (Å²) in [6, 6.07) is 17.3. The van der Waals surface area contributed by atoms with Crippen molar-refractivity contribution >= 4 is 28.3 Å². The van der Waals surface area contributed by atoms with Gasteiger partial charge < -0.3 is 19.3 Å². The number of nitrogens with zero attached hydrogens (tertiary/aromatic N) is 5. The van der Waals surface area contributed by atoms with Crippen molar-refractivity contribution in [2.24, 2.45) is 0 Å². The number of ether oxygens (including phenoxy) is 2. The number of benzene rings is 2. The summed E-state index contributed by atoms with van der Waals surface area (Å²) in [5.74, 6) is 0.944. The first kappa shape index (κ1) is 27.1. The molecule has 2 aromatic carbocycles. The largest absolute Gasteiger partial charge is 0.492 e. The van der Waals surface area contributed by atoms with E-state index in [9.17, 15) is 10.1 Å². The van der Waals surface area contributed by atoms with E-state index >= 15 is 0 Å². The van der Waals surface area contributed by atoms with Crippen LogP contribution in [0.3, 0.4) is 0 Å². The number of rotatable bonds is 2. The fraction of sp³-hybridized carbons (Fsp3) is 0.424. The van der Waals surface area contributed by atoms with Crippen LogP contribution in [0.25, 0.3) is 16.5 Å². The van der Waals surface area contributed by atoms with Gasteiger partial charge in [-0.2, -0.15) is 5.26 Å². The van der Waals surface area contributed by atoms with Crippen LogP contribution < -0.4 is 9.64 Å². The maximum atomic E-state index is 12.5. The lowest BCUT2D eigenvalue weighted by Gasteiger charge is -2.45. The molecule has 2 atom stereocenters. The second kappa shape index (κ2) is 10.7. The summed E-state index contributed by atoms with van der Waals surface area (Å²) in [4.78, 5) is 23.7. The van der Waals surface area contributed by atoms with Crippen molar-refractivity contribution in [2.75, 3.05) is 37.7 Å². The molecule has 8 heteroatoms. The number of anilines is 1. The van der Waals surface area contributed by atoms with Gasteiger partial charge in [0.25, 0.3) is 0 Å². The lowest BCUT2D eigenvalue weighted by molar-refractivity contribution is 0.0270. The Morgan fingerprint density at radius 3 is 2.78 bits per heavy atom. The molecule has 0 N–H and O–H groups in total. The maximum absolute atomic E-state index is 12.5. The van der Waals surface area contributed by atoms with E-state index in [-0.39, 0.29) is 12.1 Å². The Labute approximate surface area is 241 Å². The van der Waals surface area contributed by atoms with Gasteiger partial charge in [-0.15, -0.1) is 0 Å². The van der Waals surface area contributed by atoms with Crippen molar-refractivity contribution in [3.05, 3.63) is 71.4 Å². The molecule has 4 heterocycles. The van der Waals surface area contributed by atoms with Crippen LogP contribution in [0.15, 0.2) is 54.7 Å². The molecule has 1 saturated heterocycles. The smallest absolute Gasteiger partial charge is 0.410 e. The minimum Gasteiger partial charge on any atom is -0.492 e. The van der Waals surface area contributed by atoms with E-state index in [4.69, 9.17) is 9.47 Å². The Hall–Kier alpha value is -4.09. The average Bonchev–Trinajstić information content (AvgIpc) is 3.15. The molecule has 41 heavy (non-hydrogen) atoms. The van der Waals surface area contributed by atoms with E-state index in [0.717, 1.165) is 54.0 Å². The van der Waals surface area contributed by atoms with Crippen LogP contribution in [0.5, 0.6) is 5.75 Å². The third-order valence-electron chi connectivity index (χ3n) is 8.24. The van der Waals surface area contributed by atoms with Crippen LogP contribution in [0.2, 0.25) is 0 Å². The maximum Gasteiger partial charge on any atom is 0.410 e. The van der Waals surface area contributed by atoms with Gasteiger partial charge in [0.15, 0.2) is 0 Å². The zero-order valence-electron chi connectivity index (χ0n) is 24.3. The highest BCUT2D eigenvalue weighted by atomic mass is 16.6. The van der Waals surface area contributed by atoms with Gasteiger partial charge in [0.1, 0.15) is 24.0 Å². The minimum atomic E-state index is -0.496. The summed E-state index contributed by atoms with van der Waals surface area (Å²) in [5, 5.41) is 10.6. The van der Waals surface area contributed by atoms with Gasteiger partial charge in [0.2, 0.25) is 0 Å². The van der Waals surface area contributed by atoms with Gasteiger partial charge in [-0.05, 0) is 75.6 Å². The third kappa shape index (κ3) is 5.47. The normalized spacial score (nSPS) is 21.2. The molecule has 1 aromatic heterocycles. The summed E-state index contributed by atoms with van der Waals surface area (Å²) >= 11 is 0. The molecule has 8 nitrogen and oxygen atoms in total. The van der Waals surface area contributed by atoms with Crippen LogP contribution in [0.1, 0.15) is 50.8 Å². The van der Waals surface area contributed by atoms with Gasteiger partial charge in [0.05, 0.1) is 17.1 Å². The second-order valence-electron chi connectivity index (χ2n) is 12.3. The molecule has 0 unspecified atom stereocenters. The van der Waals surface area contributed by atoms with Gasteiger partial charge in [-0.1, -0.05) is 18.2 Å². The molecule has 212 valence electrons. The number of hydrogen-bond acceptors (Lipinski definition) is 7. The summed E-state index contributed by atoms with van der Waals surface area (Å²) in [5.41, 5.74) is 5.57. The zero-order chi connectivity index (χ0) is 28.7. The molecule has 0 aliphatic carbocycles. The predicted molar refractivity (Wildman–Crippen MR) is 160 cm³/mol. The highest BCUT2D eigenvalue weighted by Gasteiger charge is 2.36. The molecular weight excluding hydrogens is 514 g/mol. The lowest BCUT2D eigenvalue weighted by Crippen LogP contribution is -2.58. The number of carbonyl (C=O) groups excluding carboxylic acids is 1. The van der Waals surface area contributed by atoms with E-state index in [2.05, 4.69) is 64.2 Å². The van der Waals surface area contributed by atoms with Gasteiger partial charge in [-0.25, -0.2) is 4.79 Å². The summed E-state index contributed by atoms with van der Waals surface area (Å²) in [6.07, 6.45) is 4.40. The number of fused-ring (bicyclic) bond motifs is 3. The van der Waals surface area contributed by atoms with Crippen molar-refractivity contribution < 1.29 is 14.3 Å². The molecule has 0 saturated carbocycles. The molecule has 3 aliphatic heterocycles. The first-order chi connectivity index (χ1) is 19.7. The van der Waals surface area contributed by atoms with Crippen LogP contribution in [-0.2, 0) is 11.3 Å². The molecule has 1 fully saturated rings. The van der Waals surface area contributed by atoms with E-state index in [0.29, 0.717) is 31.3 Å². The number of carbonyl (C=O) groups is 1. The van der Waals surface area contributed by atoms with E-state index in [1.165, 1.54) is 11.1 Å². The van der Waals surface area contributed by atoms with Gasteiger partial charge >= 0.3 is 6.09 Å². The van der Waals surface area contributed by atoms with Crippen molar-refractivity contribution in [1.29, 1.82) is 5.26 Å². The topological polar surface area (TPSA) is 81.9 Å². The molecular formula is C33H37N5O3. The Bertz CT molecular complexity index is 1550. The number of piperazine rings is 1. The van der Waals surface area contributed by atoms with Crippen molar-refractivity contribution in [1.82, 2.24) is 14.8 Å². The number of hydrogen-bond donors (Lipinski definition) is 0. The first-order valence-corrected chi connectivity index (χ1v) is 14.4. The Morgan fingerprint density at radius 1 is 1.17 bits per heavy atom. The van der Waals surface area contributed by atoms with Crippen LogP contribution in [-0.4, -0.2) is 71.3 Å². The van der Waals surface area contributed by atoms with Gasteiger partial charge in [-0.3, -0.25) is 9.88 Å². The highest BCUT2D eigenvalue weighted by molar-refractivity contribution is 5.95. The molecule has 0 bridgehead atoms. The number of amides is 1. The van der Waals surface area contributed by atoms with E-state index in [1.54, 1.807) is 11.1 Å². The van der Waals surface area contributed by atoms with Crippen LogP contribution >= 0.6 is 0 Å². The van der Waals surface area contributed by atoms with Gasteiger partial charge in [0, 0.05) is 61.6 Å². The molecule has 0 radical (unpaired) electrons. The fourth-order valence-electron chi connectivity index (χ4n) is 6.20. The molecule has 6 rings (SSSR count). The Balaban J connectivity index is 1.18. The Kier molecular flexibility index (Phi) is 7.08. The average molecular weight is 552 g/mol. The number of nitriles is 1. The molecule has 3 aromatic rings. The number of pyridine rings is 1. The lowest BCUT2D eigenvalue weighted by atomic mass is 9.97. The monoisotopic (exact) mass is 551 g/mol. The fourth-order valence-corrected chi connectivity index (χ4v) is 6.20. The SMILES string of the molecule is C[C@H]1CN(c2ccc(C#N)c3ncccc23)C[C@H]2COc3cc(C4=CCN(C(=O)OC(C)(C)C)CC4)ccc3CN21. The minimum absolute atomic E-state index is 0.230. The summed E-state index contributed by atoms with van der Waals surface area (Å²) < 4.78 is 12.0. The Morgan fingerprint density at radius 2 is 2.02 bits per heavy atom. The molecule has 1 amide bonds. The predicted octanol–water partition coefficient (Wildman–Crippen LogP) is 5.60. The van der Waals surface area contributed by atoms with Crippen molar-refractivity contribution in [3.63, 3.8) is 0 Å². The molecule has 0 spiro atoms. The zero-order valence-corrected chi connectivity index (χ0v) is 24.3. The third-order valence-corrected chi connectivity index (χ3v) is 8.24. The standard InChI is InChI=1S/C33H37N5O3/c1-22-18-37(29-10-9-25(17-34)31-28(29)6-5-13-35-31)20-27-21-40-30-16-24(7-8-26(30)19-38(22)27)23-11-14-36(15-12-23)32(39)41-33(2,3)4/h5-11,13,16,22,27H,12,14-15,18-21H2,1-4H3/t22-,27-/m0/s1. The summed E-state index contributed by atoms with van der Waals surface area (Å²) in [6.45, 7) is 12.3. The van der Waals surface area contributed by atoms with Crippen molar-refractivity contribution in [2.45, 2.75) is 58.3 Å². The van der Waals surface area contributed by atoms with Crippen molar-refractivity contribution in [3.8, 4) is 11.8 Å². The van der Waals surface area contributed by atoms with E-state index in [1.807, 2.05) is 32.9 Å². The van der Waals surface area contributed by atoms with Crippen LogP contribution in [0.4, 0.5) is 10.5 Å². The van der Waals surface area contributed by atoms with E-state index < -0.39 is 5.60 Å². The quantitative estimate of drug-likeness (QED) is 0.410.